The number of rotatable bonds is 6. The van der Waals surface area contributed by atoms with Crippen LogP contribution in [0.2, 0.25) is 0 Å². The van der Waals surface area contributed by atoms with Crippen molar-refractivity contribution in [2.75, 3.05) is 6.54 Å². The first-order valence-corrected chi connectivity index (χ1v) is 6.38. The normalized spacial score (nSPS) is 12.6. The second-order valence-electron chi connectivity index (χ2n) is 4.49. The molecule has 0 spiro atoms. The number of aryl methyl sites for hydroxylation is 1. The Balaban J connectivity index is 2.18. The Hall–Kier alpha value is -1.82. The average molecular weight is 263 g/mol. The third-order valence-corrected chi connectivity index (χ3v) is 2.88. The Morgan fingerprint density at radius 1 is 1.47 bits per heavy atom. The Morgan fingerprint density at radius 2 is 2.32 bits per heavy atom. The van der Waals surface area contributed by atoms with Crippen molar-refractivity contribution in [1.82, 2.24) is 25.3 Å². The van der Waals surface area contributed by atoms with Gasteiger partial charge in [0.05, 0.1) is 11.9 Å². The smallest absolute Gasteiger partial charge is 0.146 e. The molecule has 0 aromatic carbocycles. The van der Waals surface area contributed by atoms with E-state index in [0.717, 1.165) is 18.7 Å². The molecule has 1 atom stereocenters. The molecule has 0 saturated heterocycles. The molecular formula is C13H18FN5. The highest BCUT2D eigenvalue weighted by atomic mass is 19.1. The lowest BCUT2D eigenvalue weighted by molar-refractivity contribution is 0.491. The largest absolute Gasteiger partial charge is 0.310 e. The number of aromatic nitrogens is 4. The first-order valence-electron chi connectivity index (χ1n) is 6.38. The average Bonchev–Trinajstić information content (AvgIpc) is 2.81. The van der Waals surface area contributed by atoms with Crippen LogP contribution >= 0.6 is 0 Å². The summed E-state index contributed by atoms with van der Waals surface area (Å²) < 4.78 is 15.5. The predicted molar refractivity (Wildman–Crippen MR) is 69.9 cm³/mol. The van der Waals surface area contributed by atoms with Gasteiger partial charge in [0.1, 0.15) is 5.82 Å². The van der Waals surface area contributed by atoms with Crippen molar-refractivity contribution in [2.24, 2.45) is 7.05 Å². The van der Waals surface area contributed by atoms with Gasteiger partial charge in [-0.3, -0.25) is 9.67 Å². The van der Waals surface area contributed by atoms with E-state index in [1.807, 2.05) is 13.2 Å². The summed E-state index contributed by atoms with van der Waals surface area (Å²) in [6.07, 6.45) is 6.29. The number of hydrogen-bond donors (Lipinski definition) is 1. The van der Waals surface area contributed by atoms with E-state index < -0.39 is 0 Å². The van der Waals surface area contributed by atoms with E-state index in [9.17, 15) is 4.39 Å². The maximum atomic E-state index is 13.8. The minimum Gasteiger partial charge on any atom is -0.310 e. The van der Waals surface area contributed by atoms with E-state index in [-0.39, 0.29) is 11.9 Å². The molecule has 2 rings (SSSR count). The number of nitrogens with one attached hydrogen (secondary N) is 1. The van der Waals surface area contributed by atoms with Crippen molar-refractivity contribution >= 4 is 0 Å². The number of halogens is 1. The third-order valence-electron chi connectivity index (χ3n) is 2.88. The third kappa shape index (κ3) is 3.57. The van der Waals surface area contributed by atoms with Gasteiger partial charge in [0.15, 0.2) is 0 Å². The van der Waals surface area contributed by atoms with Crippen LogP contribution in [0.3, 0.4) is 0 Å². The zero-order valence-corrected chi connectivity index (χ0v) is 11.2. The fourth-order valence-electron chi connectivity index (χ4n) is 1.98. The molecule has 0 aliphatic rings. The predicted octanol–water partition coefficient (Wildman–Crippen LogP) is 1.63. The molecule has 0 radical (unpaired) electrons. The van der Waals surface area contributed by atoms with Crippen LogP contribution in [0.25, 0.3) is 0 Å². The summed E-state index contributed by atoms with van der Waals surface area (Å²) in [5.74, 6) is -0.292. The van der Waals surface area contributed by atoms with Gasteiger partial charge in [0.2, 0.25) is 0 Å². The van der Waals surface area contributed by atoms with Crippen LogP contribution in [-0.4, -0.2) is 26.5 Å². The second-order valence-corrected chi connectivity index (χ2v) is 4.49. The molecule has 5 nitrogen and oxygen atoms in total. The number of nitrogens with zero attached hydrogens (tertiary/aromatic N) is 4. The lowest BCUT2D eigenvalue weighted by Crippen LogP contribution is -2.25. The van der Waals surface area contributed by atoms with Gasteiger partial charge in [-0.25, -0.2) is 4.39 Å². The van der Waals surface area contributed by atoms with E-state index in [1.165, 1.54) is 6.20 Å². The maximum absolute atomic E-state index is 13.8. The summed E-state index contributed by atoms with van der Waals surface area (Å²) in [7, 11) is 1.82. The van der Waals surface area contributed by atoms with Crippen LogP contribution in [0.1, 0.15) is 30.6 Å². The van der Waals surface area contributed by atoms with Crippen LogP contribution in [0.15, 0.2) is 24.7 Å². The molecule has 0 aliphatic heterocycles. The van der Waals surface area contributed by atoms with Gasteiger partial charge >= 0.3 is 0 Å². The lowest BCUT2D eigenvalue weighted by atomic mass is 10.0. The van der Waals surface area contributed by atoms with Gasteiger partial charge in [-0.05, 0) is 19.0 Å². The summed E-state index contributed by atoms with van der Waals surface area (Å²) in [4.78, 5) is 3.78. The van der Waals surface area contributed by atoms with E-state index in [4.69, 9.17) is 0 Å². The van der Waals surface area contributed by atoms with Crippen molar-refractivity contribution < 1.29 is 4.39 Å². The van der Waals surface area contributed by atoms with E-state index in [1.54, 1.807) is 16.9 Å². The monoisotopic (exact) mass is 263 g/mol. The Bertz CT molecular complexity index is 525. The molecule has 19 heavy (non-hydrogen) atoms. The van der Waals surface area contributed by atoms with E-state index in [0.29, 0.717) is 12.0 Å². The van der Waals surface area contributed by atoms with Gasteiger partial charge < -0.3 is 5.32 Å². The Morgan fingerprint density at radius 3 is 2.95 bits per heavy atom. The molecular weight excluding hydrogens is 245 g/mol. The summed E-state index contributed by atoms with van der Waals surface area (Å²) in [6.45, 7) is 2.90. The standard InChI is InChI=1S/C13H18FN5/c1-3-5-16-13(7-10-9-19(2)18-17-10)11-4-6-15-8-12(11)14/h4,6,8-9,13,16H,3,5,7H2,1-2H3. The van der Waals surface area contributed by atoms with E-state index >= 15 is 0 Å². The quantitative estimate of drug-likeness (QED) is 0.860. The molecule has 102 valence electrons. The van der Waals surface area contributed by atoms with Crippen LogP contribution < -0.4 is 5.32 Å². The molecule has 0 fully saturated rings. The Labute approximate surface area is 111 Å². The first kappa shape index (κ1) is 13.6. The van der Waals surface area contributed by atoms with Gasteiger partial charge in [-0.2, -0.15) is 0 Å². The zero-order chi connectivity index (χ0) is 13.7. The summed E-state index contributed by atoms with van der Waals surface area (Å²) >= 11 is 0. The Kier molecular flexibility index (Phi) is 4.57. The number of hydrogen-bond acceptors (Lipinski definition) is 4. The van der Waals surface area contributed by atoms with Crippen molar-refractivity contribution in [3.8, 4) is 0 Å². The van der Waals surface area contributed by atoms with Gasteiger partial charge in [-0.1, -0.05) is 12.1 Å². The molecule has 0 saturated carbocycles. The molecule has 2 aromatic rings. The SMILES string of the molecule is CCCNC(Cc1cn(C)nn1)c1ccncc1F. The topological polar surface area (TPSA) is 55.6 Å². The highest BCUT2D eigenvalue weighted by Crippen LogP contribution is 2.19. The van der Waals surface area contributed by atoms with E-state index in [2.05, 4.69) is 27.5 Å². The molecule has 1 N–H and O–H groups in total. The highest BCUT2D eigenvalue weighted by Gasteiger charge is 2.17. The molecule has 2 aromatic heterocycles. The van der Waals surface area contributed by atoms with Gasteiger partial charge in [0.25, 0.3) is 0 Å². The second kappa shape index (κ2) is 6.38. The summed E-state index contributed by atoms with van der Waals surface area (Å²) in [5.41, 5.74) is 1.46. The van der Waals surface area contributed by atoms with Gasteiger partial charge in [0, 0.05) is 37.5 Å². The molecule has 1 unspecified atom stereocenters. The summed E-state index contributed by atoms with van der Waals surface area (Å²) in [6, 6.07) is 1.60. The minimum absolute atomic E-state index is 0.111. The van der Waals surface area contributed by atoms with Crippen LogP contribution in [-0.2, 0) is 13.5 Å². The zero-order valence-electron chi connectivity index (χ0n) is 11.2. The van der Waals surface area contributed by atoms with Gasteiger partial charge in [-0.15, -0.1) is 5.10 Å². The van der Waals surface area contributed by atoms with Crippen LogP contribution in [0, 0.1) is 5.82 Å². The first-order chi connectivity index (χ1) is 9.20. The fraction of sp³-hybridized carbons (Fsp3) is 0.462. The van der Waals surface area contributed by atoms with Crippen molar-refractivity contribution in [1.29, 1.82) is 0 Å². The highest BCUT2D eigenvalue weighted by molar-refractivity contribution is 5.19. The molecule has 0 amide bonds. The van der Waals surface area contributed by atoms with Crippen molar-refractivity contribution in [3.05, 3.63) is 41.7 Å². The minimum atomic E-state index is -0.292. The summed E-state index contributed by atoms with van der Waals surface area (Å²) in [5, 5.41) is 11.3. The fourth-order valence-corrected chi connectivity index (χ4v) is 1.98. The van der Waals surface area contributed by atoms with Crippen molar-refractivity contribution in [3.63, 3.8) is 0 Å². The van der Waals surface area contributed by atoms with Crippen LogP contribution in [0.5, 0.6) is 0 Å². The maximum Gasteiger partial charge on any atom is 0.146 e. The molecule has 0 bridgehead atoms. The van der Waals surface area contributed by atoms with Crippen molar-refractivity contribution in [2.45, 2.75) is 25.8 Å². The lowest BCUT2D eigenvalue weighted by Gasteiger charge is -2.18. The molecule has 6 heteroatoms. The number of pyridine rings is 1. The van der Waals surface area contributed by atoms with Crippen LogP contribution in [0.4, 0.5) is 4.39 Å². The molecule has 0 aliphatic carbocycles. The molecule has 2 heterocycles.